The number of benzene rings is 2. The number of amides is 1. The van der Waals surface area contributed by atoms with E-state index in [9.17, 15) is 14.0 Å². The summed E-state index contributed by atoms with van der Waals surface area (Å²) in [6.07, 6.45) is 5.85. The lowest BCUT2D eigenvalue weighted by atomic mass is 9.77. The van der Waals surface area contributed by atoms with Crippen LogP contribution in [0.2, 0.25) is 5.02 Å². The fraction of sp³-hybridized carbons (Fsp3) is 0.464. The van der Waals surface area contributed by atoms with E-state index in [4.69, 9.17) is 21.1 Å². The van der Waals surface area contributed by atoms with Crippen LogP contribution in [0.5, 0.6) is 11.5 Å². The Morgan fingerprint density at radius 2 is 1.92 bits per heavy atom. The van der Waals surface area contributed by atoms with E-state index in [1.807, 2.05) is 20.8 Å². The van der Waals surface area contributed by atoms with Crippen molar-refractivity contribution >= 4 is 44.5 Å². The molecule has 38 heavy (non-hydrogen) atoms. The summed E-state index contributed by atoms with van der Waals surface area (Å²) in [4.78, 5) is 32.3. The van der Waals surface area contributed by atoms with Crippen molar-refractivity contribution in [2.24, 2.45) is 5.41 Å². The van der Waals surface area contributed by atoms with Crippen LogP contribution < -0.4 is 10.3 Å². The Labute approximate surface area is 234 Å². The molecule has 1 amide bonds. The van der Waals surface area contributed by atoms with Crippen molar-refractivity contribution < 1.29 is 18.7 Å². The van der Waals surface area contributed by atoms with Crippen LogP contribution in [0.15, 0.2) is 45.9 Å². The normalized spacial score (nSPS) is 19.2. The van der Waals surface area contributed by atoms with E-state index in [0.717, 1.165) is 32.1 Å². The molecule has 0 unspecified atom stereocenters. The minimum Gasteiger partial charge on any atom is -0.453 e. The van der Waals surface area contributed by atoms with Crippen molar-refractivity contribution in [3.05, 3.63) is 62.3 Å². The molecule has 2 aromatic carbocycles. The Bertz CT molecular complexity index is 1450. The first-order chi connectivity index (χ1) is 17.9. The standard InChI is InChI=1S/C28H30BrClFN3O4/c1-27(2,3)38-26(36)33-12-10-28(11-13-33)9-8-17(15-28)34-16-32-22-7-4-18(14-19(22)25(34)35)37-24-21(31)6-5-20(29)23(24)30/h4-7,14,16-17H,8-13,15H2,1-3H3/t17-/m0/s1. The SMILES string of the molecule is CC(C)(C)OC(=O)N1CCC2(CC[C@H](n3cnc4ccc(Oc5c(F)ccc(Br)c5Cl)cc4c3=O)C2)CC1. The molecule has 1 spiro atoms. The van der Waals surface area contributed by atoms with Crippen LogP contribution in [-0.4, -0.2) is 39.2 Å². The lowest BCUT2D eigenvalue weighted by Gasteiger charge is -2.40. The zero-order valence-corrected chi connectivity index (χ0v) is 23.9. The minimum atomic E-state index is -0.601. The molecule has 1 aliphatic carbocycles. The monoisotopic (exact) mass is 605 g/mol. The molecule has 0 radical (unpaired) electrons. The zero-order chi connectivity index (χ0) is 27.2. The average Bonchev–Trinajstić information content (AvgIpc) is 3.27. The van der Waals surface area contributed by atoms with Crippen LogP contribution in [0.25, 0.3) is 10.9 Å². The summed E-state index contributed by atoms with van der Waals surface area (Å²) >= 11 is 9.49. The Morgan fingerprint density at radius 1 is 1.18 bits per heavy atom. The molecule has 202 valence electrons. The van der Waals surface area contributed by atoms with Gasteiger partial charge in [-0.15, -0.1) is 0 Å². The first-order valence-corrected chi connectivity index (χ1v) is 13.9. The molecule has 7 nitrogen and oxygen atoms in total. The second-order valence-corrected chi connectivity index (χ2v) is 12.5. The zero-order valence-electron chi connectivity index (χ0n) is 21.6. The molecule has 10 heteroatoms. The number of fused-ring (bicyclic) bond motifs is 1. The fourth-order valence-corrected chi connectivity index (χ4v) is 6.02. The average molecular weight is 607 g/mol. The molecule has 1 saturated heterocycles. The van der Waals surface area contributed by atoms with E-state index >= 15 is 0 Å². The van der Waals surface area contributed by atoms with Gasteiger partial charge in [-0.3, -0.25) is 9.36 Å². The van der Waals surface area contributed by atoms with Gasteiger partial charge in [0.15, 0.2) is 11.6 Å². The summed E-state index contributed by atoms with van der Waals surface area (Å²) in [5, 5.41) is 0.514. The van der Waals surface area contributed by atoms with Gasteiger partial charge in [-0.25, -0.2) is 14.2 Å². The van der Waals surface area contributed by atoms with Crippen molar-refractivity contribution in [1.82, 2.24) is 14.5 Å². The van der Waals surface area contributed by atoms with Crippen LogP contribution in [0.3, 0.4) is 0 Å². The highest BCUT2D eigenvalue weighted by Crippen LogP contribution is 2.50. The number of nitrogens with zero attached hydrogens (tertiary/aromatic N) is 3. The van der Waals surface area contributed by atoms with Crippen molar-refractivity contribution in [3.63, 3.8) is 0 Å². The molecule has 3 aromatic rings. The van der Waals surface area contributed by atoms with Crippen molar-refractivity contribution in [2.45, 2.75) is 64.5 Å². The molecule has 1 saturated carbocycles. The summed E-state index contributed by atoms with van der Waals surface area (Å²) in [7, 11) is 0. The maximum atomic E-state index is 14.4. The molecule has 0 N–H and O–H groups in total. The van der Waals surface area contributed by atoms with E-state index in [1.54, 1.807) is 34.0 Å². The maximum Gasteiger partial charge on any atom is 0.410 e. The first-order valence-electron chi connectivity index (χ1n) is 12.7. The smallest absolute Gasteiger partial charge is 0.410 e. The number of rotatable bonds is 3. The number of aromatic nitrogens is 2. The van der Waals surface area contributed by atoms with E-state index < -0.39 is 11.4 Å². The number of carbonyl (C=O) groups is 1. The molecular formula is C28H30BrClFN3O4. The molecule has 1 atom stereocenters. The second kappa shape index (κ2) is 10.2. The highest BCUT2D eigenvalue weighted by molar-refractivity contribution is 9.10. The maximum absolute atomic E-state index is 14.4. The molecule has 0 bridgehead atoms. The number of carbonyl (C=O) groups excluding carboxylic acids is 1. The number of likely N-dealkylation sites (tertiary alicyclic amines) is 1. The van der Waals surface area contributed by atoms with Crippen molar-refractivity contribution in [1.29, 1.82) is 0 Å². The third kappa shape index (κ3) is 5.41. The molecule has 5 rings (SSSR count). The summed E-state index contributed by atoms with van der Waals surface area (Å²) in [5.41, 5.74) is -0.0392. The second-order valence-electron chi connectivity index (χ2n) is 11.3. The molecule has 1 aromatic heterocycles. The Hall–Kier alpha value is -2.65. The first kappa shape index (κ1) is 26.9. The topological polar surface area (TPSA) is 73.7 Å². The van der Waals surface area contributed by atoms with Gasteiger partial charge in [0.1, 0.15) is 16.4 Å². The Balaban J connectivity index is 1.33. The van der Waals surface area contributed by atoms with Gasteiger partial charge in [0.25, 0.3) is 5.56 Å². The van der Waals surface area contributed by atoms with Gasteiger partial charge in [-0.05, 0) is 105 Å². The van der Waals surface area contributed by atoms with Gasteiger partial charge >= 0.3 is 6.09 Å². The summed E-state index contributed by atoms with van der Waals surface area (Å²) < 4.78 is 27.9. The highest BCUT2D eigenvalue weighted by atomic mass is 79.9. The van der Waals surface area contributed by atoms with E-state index in [0.29, 0.717) is 34.2 Å². The predicted octanol–water partition coefficient (Wildman–Crippen LogP) is 7.49. The molecule has 2 fully saturated rings. The van der Waals surface area contributed by atoms with Crippen molar-refractivity contribution in [2.75, 3.05) is 13.1 Å². The van der Waals surface area contributed by atoms with Crippen molar-refractivity contribution in [3.8, 4) is 11.5 Å². The molecule has 2 heterocycles. The molecule has 2 aliphatic rings. The number of ether oxygens (including phenoxy) is 2. The Morgan fingerprint density at radius 3 is 2.63 bits per heavy atom. The van der Waals surface area contributed by atoms with Gasteiger partial charge in [0.05, 0.1) is 17.2 Å². The highest BCUT2D eigenvalue weighted by Gasteiger charge is 2.43. The number of hydrogen-bond acceptors (Lipinski definition) is 5. The van der Waals surface area contributed by atoms with Crippen LogP contribution in [0, 0.1) is 11.2 Å². The summed E-state index contributed by atoms with van der Waals surface area (Å²) in [6.45, 7) is 6.92. The lowest BCUT2D eigenvalue weighted by Crippen LogP contribution is -2.44. The predicted molar refractivity (Wildman–Crippen MR) is 148 cm³/mol. The third-order valence-electron chi connectivity index (χ3n) is 7.52. The summed E-state index contributed by atoms with van der Waals surface area (Å²) in [5.74, 6) is -0.415. The Kier molecular flexibility index (Phi) is 7.20. The van der Waals surface area contributed by atoms with Crippen LogP contribution >= 0.6 is 27.5 Å². The number of halogens is 3. The lowest BCUT2D eigenvalue weighted by molar-refractivity contribution is 0.0103. The largest absolute Gasteiger partial charge is 0.453 e. The van der Waals surface area contributed by atoms with Crippen LogP contribution in [0.1, 0.15) is 58.9 Å². The summed E-state index contributed by atoms with van der Waals surface area (Å²) in [6, 6.07) is 7.69. The van der Waals surface area contributed by atoms with Gasteiger partial charge < -0.3 is 14.4 Å². The van der Waals surface area contributed by atoms with E-state index in [1.165, 1.54) is 12.1 Å². The molecular weight excluding hydrogens is 577 g/mol. The quantitative estimate of drug-likeness (QED) is 0.289. The minimum absolute atomic E-state index is 0.0222. The van der Waals surface area contributed by atoms with Crippen LogP contribution in [0.4, 0.5) is 9.18 Å². The number of hydrogen-bond donors (Lipinski definition) is 0. The van der Waals surface area contributed by atoms with Gasteiger partial charge in [0.2, 0.25) is 0 Å². The molecule has 1 aliphatic heterocycles. The third-order valence-corrected chi connectivity index (χ3v) is 8.79. The van der Waals surface area contributed by atoms with Gasteiger partial charge in [0, 0.05) is 23.6 Å². The van der Waals surface area contributed by atoms with E-state index in [-0.39, 0.29) is 33.9 Å². The fourth-order valence-electron chi connectivity index (χ4n) is 5.52. The van der Waals surface area contributed by atoms with Crippen LogP contribution in [-0.2, 0) is 4.74 Å². The number of piperidine rings is 1. The van der Waals surface area contributed by atoms with Gasteiger partial charge in [-0.2, -0.15) is 0 Å². The van der Waals surface area contributed by atoms with Gasteiger partial charge in [-0.1, -0.05) is 11.6 Å². The van der Waals surface area contributed by atoms with E-state index in [2.05, 4.69) is 20.9 Å².